The predicted octanol–water partition coefficient (Wildman–Crippen LogP) is 3.73. The normalized spacial score (nSPS) is 23.8. The Kier molecular flexibility index (Phi) is 6.04. The average Bonchev–Trinajstić information content (AvgIpc) is 3.02. The second-order valence-electron chi connectivity index (χ2n) is 5.25. The van der Waals surface area contributed by atoms with Crippen LogP contribution in [0.1, 0.15) is 65.7 Å². The van der Waals surface area contributed by atoms with Crippen LogP contribution in [0.15, 0.2) is 0 Å². The summed E-state index contributed by atoms with van der Waals surface area (Å²) >= 11 is 0. The van der Waals surface area contributed by atoms with Crippen molar-refractivity contribution in [1.29, 1.82) is 0 Å². The molecule has 2 nitrogen and oxygen atoms in total. The van der Waals surface area contributed by atoms with Gasteiger partial charge in [-0.3, -0.25) is 4.79 Å². The van der Waals surface area contributed by atoms with Crippen molar-refractivity contribution in [3.8, 4) is 0 Å². The molecule has 0 unspecified atom stereocenters. The maximum Gasteiger partial charge on any atom is 0.164 e. The smallest absolute Gasteiger partial charge is 0.164 e. The van der Waals surface area contributed by atoms with E-state index >= 15 is 0 Å². The fourth-order valence-electron chi connectivity index (χ4n) is 2.11. The molecule has 0 radical (unpaired) electrons. The highest BCUT2D eigenvalue weighted by Gasteiger charge is 2.45. The first-order valence-corrected chi connectivity index (χ1v) is 6.85. The third-order valence-corrected chi connectivity index (χ3v) is 3.28. The van der Waals surface area contributed by atoms with Gasteiger partial charge in [0, 0.05) is 6.42 Å². The molecular weight excluding hydrogens is 200 g/mol. The number of epoxide rings is 1. The van der Waals surface area contributed by atoms with E-state index in [1.54, 1.807) is 0 Å². The number of ketones is 1. The molecule has 0 aromatic heterocycles. The minimum atomic E-state index is -0.0596. The van der Waals surface area contributed by atoms with Crippen LogP contribution in [0.25, 0.3) is 0 Å². The van der Waals surface area contributed by atoms with Crippen molar-refractivity contribution in [2.45, 2.75) is 77.9 Å². The number of ether oxygens (including phenoxy) is 1. The lowest BCUT2D eigenvalue weighted by Crippen LogP contribution is -2.12. The Morgan fingerprint density at radius 1 is 1.12 bits per heavy atom. The Hall–Kier alpha value is -0.370. The molecule has 0 spiro atoms. The highest BCUT2D eigenvalue weighted by Crippen LogP contribution is 2.31. The summed E-state index contributed by atoms with van der Waals surface area (Å²) in [5, 5.41) is 0. The van der Waals surface area contributed by atoms with E-state index in [0.29, 0.717) is 11.7 Å². The van der Waals surface area contributed by atoms with E-state index in [1.165, 1.54) is 32.1 Å². The van der Waals surface area contributed by atoms with Crippen molar-refractivity contribution in [1.82, 2.24) is 0 Å². The minimum absolute atomic E-state index is 0.0596. The van der Waals surface area contributed by atoms with Gasteiger partial charge in [0.05, 0.1) is 6.10 Å². The Morgan fingerprint density at radius 2 is 1.75 bits per heavy atom. The molecular formula is C14H26O2. The second-order valence-corrected chi connectivity index (χ2v) is 5.25. The minimum Gasteiger partial charge on any atom is -0.361 e. The summed E-state index contributed by atoms with van der Waals surface area (Å²) in [6.45, 7) is 6.45. The highest BCUT2D eigenvalue weighted by atomic mass is 16.6. The van der Waals surface area contributed by atoms with Gasteiger partial charge in [0.2, 0.25) is 0 Å². The largest absolute Gasteiger partial charge is 0.361 e. The standard InChI is InChI=1S/C14H26O2/c1-4-5-6-7-8-9-10-12(15)14-13(16-14)11(2)3/h11,13-14H,4-10H2,1-3H3/t13-,14-/m0/s1. The maximum atomic E-state index is 11.7. The molecule has 0 aliphatic carbocycles. The fraction of sp³-hybridized carbons (Fsp3) is 0.929. The molecule has 1 heterocycles. The zero-order valence-corrected chi connectivity index (χ0v) is 11.0. The van der Waals surface area contributed by atoms with Crippen molar-refractivity contribution < 1.29 is 9.53 Å². The molecule has 0 aromatic rings. The van der Waals surface area contributed by atoms with Crippen molar-refractivity contribution in [3.63, 3.8) is 0 Å². The van der Waals surface area contributed by atoms with Crippen molar-refractivity contribution in [2.24, 2.45) is 5.92 Å². The first-order valence-electron chi connectivity index (χ1n) is 6.85. The highest BCUT2D eigenvalue weighted by molar-refractivity contribution is 5.85. The lowest BCUT2D eigenvalue weighted by atomic mass is 10.0. The summed E-state index contributed by atoms with van der Waals surface area (Å²) in [6, 6.07) is 0. The summed E-state index contributed by atoms with van der Waals surface area (Å²) in [7, 11) is 0. The first-order chi connectivity index (χ1) is 7.66. The fourth-order valence-corrected chi connectivity index (χ4v) is 2.11. The van der Waals surface area contributed by atoms with Gasteiger partial charge in [0.25, 0.3) is 0 Å². The molecule has 2 heteroatoms. The van der Waals surface area contributed by atoms with Crippen molar-refractivity contribution in [2.75, 3.05) is 0 Å². The monoisotopic (exact) mass is 226 g/mol. The average molecular weight is 226 g/mol. The molecule has 1 rings (SSSR count). The van der Waals surface area contributed by atoms with Crippen LogP contribution in [0, 0.1) is 5.92 Å². The topological polar surface area (TPSA) is 29.6 Å². The number of hydrogen-bond acceptors (Lipinski definition) is 2. The summed E-state index contributed by atoms with van der Waals surface area (Å²) in [4.78, 5) is 11.7. The molecule has 0 aromatic carbocycles. The zero-order valence-electron chi connectivity index (χ0n) is 11.0. The molecule has 16 heavy (non-hydrogen) atoms. The Labute approximate surface area is 99.8 Å². The van der Waals surface area contributed by atoms with E-state index in [-0.39, 0.29) is 12.2 Å². The van der Waals surface area contributed by atoms with Gasteiger partial charge in [-0.25, -0.2) is 0 Å². The van der Waals surface area contributed by atoms with Crippen LogP contribution < -0.4 is 0 Å². The number of rotatable bonds is 9. The van der Waals surface area contributed by atoms with Crippen LogP contribution in [0.2, 0.25) is 0 Å². The molecule has 0 bridgehead atoms. The van der Waals surface area contributed by atoms with Gasteiger partial charge in [-0.15, -0.1) is 0 Å². The molecule has 1 saturated heterocycles. The SMILES string of the molecule is CCCCCCCCC(=O)[C@@H]1O[C@H]1C(C)C. The van der Waals surface area contributed by atoms with Crippen LogP contribution in [-0.4, -0.2) is 18.0 Å². The molecule has 1 fully saturated rings. The molecule has 2 atom stereocenters. The lowest BCUT2D eigenvalue weighted by Gasteiger charge is -2.00. The number of hydrogen-bond donors (Lipinski definition) is 0. The van der Waals surface area contributed by atoms with Gasteiger partial charge in [-0.1, -0.05) is 52.9 Å². The van der Waals surface area contributed by atoms with Crippen LogP contribution in [-0.2, 0) is 9.53 Å². The third-order valence-electron chi connectivity index (χ3n) is 3.28. The predicted molar refractivity (Wildman–Crippen MR) is 66.5 cm³/mol. The number of unbranched alkanes of at least 4 members (excludes halogenated alkanes) is 5. The Balaban J connectivity index is 1.96. The van der Waals surface area contributed by atoms with E-state index in [2.05, 4.69) is 20.8 Å². The van der Waals surface area contributed by atoms with Gasteiger partial charge in [0.1, 0.15) is 6.10 Å². The zero-order chi connectivity index (χ0) is 12.0. The Morgan fingerprint density at radius 3 is 2.31 bits per heavy atom. The summed E-state index contributed by atoms with van der Waals surface area (Å²) in [5.41, 5.74) is 0. The summed E-state index contributed by atoms with van der Waals surface area (Å²) < 4.78 is 5.39. The van der Waals surface area contributed by atoms with E-state index in [4.69, 9.17) is 4.74 Å². The molecule has 1 aliphatic heterocycles. The van der Waals surface area contributed by atoms with Crippen molar-refractivity contribution in [3.05, 3.63) is 0 Å². The van der Waals surface area contributed by atoms with E-state index < -0.39 is 0 Å². The van der Waals surface area contributed by atoms with E-state index in [9.17, 15) is 4.79 Å². The first kappa shape index (κ1) is 13.7. The lowest BCUT2D eigenvalue weighted by molar-refractivity contribution is -0.120. The second kappa shape index (κ2) is 7.05. The maximum absolute atomic E-state index is 11.7. The van der Waals surface area contributed by atoms with Crippen LogP contribution in [0.4, 0.5) is 0 Å². The van der Waals surface area contributed by atoms with Crippen LogP contribution in [0.3, 0.4) is 0 Å². The summed E-state index contributed by atoms with van der Waals surface area (Å²) in [6.07, 6.45) is 8.33. The van der Waals surface area contributed by atoms with Crippen molar-refractivity contribution >= 4 is 5.78 Å². The van der Waals surface area contributed by atoms with Crippen LogP contribution >= 0.6 is 0 Å². The van der Waals surface area contributed by atoms with Gasteiger partial charge >= 0.3 is 0 Å². The molecule has 0 saturated carbocycles. The Bertz CT molecular complexity index is 211. The number of carbonyl (C=O) groups excluding carboxylic acids is 1. The van der Waals surface area contributed by atoms with Gasteiger partial charge < -0.3 is 4.74 Å². The third kappa shape index (κ3) is 4.65. The van der Waals surface area contributed by atoms with Gasteiger partial charge in [-0.2, -0.15) is 0 Å². The molecule has 0 amide bonds. The van der Waals surface area contributed by atoms with Gasteiger partial charge in [-0.05, 0) is 12.3 Å². The quantitative estimate of drug-likeness (QED) is 0.443. The molecule has 94 valence electrons. The summed E-state index contributed by atoms with van der Waals surface area (Å²) in [5.74, 6) is 0.813. The molecule has 0 N–H and O–H groups in total. The van der Waals surface area contributed by atoms with E-state index in [0.717, 1.165) is 12.8 Å². The molecule has 1 aliphatic rings. The van der Waals surface area contributed by atoms with E-state index in [1.807, 2.05) is 0 Å². The van der Waals surface area contributed by atoms with Gasteiger partial charge in [0.15, 0.2) is 5.78 Å². The number of carbonyl (C=O) groups is 1. The van der Waals surface area contributed by atoms with Crippen LogP contribution in [0.5, 0.6) is 0 Å². The number of Topliss-reactive ketones (excluding diaryl/α,β-unsaturated/α-hetero) is 1.